The molecule has 17 heavy (non-hydrogen) atoms. The van der Waals surface area contributed by atoms with Crippen LogP contribution < -0.4 is 0 Å². The Hall–Kier alpha value is -1.61. The topological polar surface area (TPSA) is 50.2 Å². The van der Waals surface area contributed by atoms with E-state index in [1.54, 1.807) is 12.1 Å². The monoisotopic (exact) mass is 249 g/mol. The van der Waals surface area contributed by atoms with E-state index in [0.717, 1.165) is 16.5 Å². The van der Waals surface area contributed by atoms with Crippen LogP contribution in [0.4, 0.5) is 0 Å². The van der Waals surface area contributed by atoms with Gasteiger partial charge in [-0.2, -0.15) is 0 Å². The summed E-state index contributed by atoms with van der Waals surface area (Å²) in [4.78, 5) is 15.3. The van der Waals surface area contributed by atoms with Crippen molar-refractivity contribution >= 4 is 28.5 Å². The average molecular weight is 250 g/mol. The van der Waals surface area contributed by atoms with Crippen LogP contribution in [0.1, 0.15) is 35.7 Å². The van der Waals surface area contributed by atoms with Crippen LogP contribution in [0.5, 0.6) is 0 Å². The van der Waals surface area contributed by atoms with Crippen LogP contribution >= 0.6 is 11.6 Å². The molecule has 0 radical (unpaired) electrons. The van der Waals surface area contributed by atoms with Gasteiger partial charge in [-0.3, -0.25) is 4.98 Å². The first-order valence-corrected chi connectivity index (χ1v) is 5.70. The number of fused-ring (bicyclic) bond motifs is 1. The lowest BCUT2D eigenvalue weighted by Crippen LogP contribution is -2.05. The fourth-order valence-electron chi connectivity index (χ4n) is 1.98. The summed E-state index contributed by atoms with van der Waals surface area (Å²) in [6.45, 7) is 3.94. The molecule has 1 aromatic heterocycles. The summed E-state index contributed by atoms with van der Waals surface area (Å²) in [5.74, 6) is -0.828. The zero-order valence-electron chi connectivity index (χ0n) is 9.57. The number of aromatic nitrogens is 1. The summed E-state index contributed by atoms with van der Waals surface area (Å²) in [5.41, 5.74) is 1.79. The number of aromatic carboxylic acids is 1. The smallest absolute Gasteiger partial charge is 0.337 e. The molecule has 0 aliphatic rings. The van der Waals surface area contributed by atoms with E-state index in [0.29, 0.717) is 5.02 Å². The molecule has 0 amide bonds. The van der Waals surface area contributed by atoms with Gasteiger partial charge in [0.15, 0.2) is 0 Å². The van der Waals surface area contributed by atoms with Crippen molar-refractivity contribution in [3.8, 4) is 0 Å². The van der Waals surface area contributed by atoms with E-state index in [2.05, 4.69) is 4.98 Å². The second-order valence-electron chi connectivity index (χ2n) is 4.21. The number of pyridine rings is 1. The van der Waals surface area contributed by atoms with E-state index in [1.165, 1.54) is 6.20 Å². The van der Waals surface area contributed by atoms with Crippen molar-refractivity contribution in [1.29, 1.82) is 0 Å². The minimum absolute atomic E-state index is 0.118. The van der Waals surface area contributed by atoms with Crippen molar-refractivity contribution in [3.63, 3.8) is 0 Å². The van der Waals surface area contributed by atoms with Crippen LogP contribution in [0.15, 0.2) is 24.4 Å². The lowest BCUT2D eigenvalue weighted by molar-refractivity contribution is 0.0695. The maximum absolute atomic E-state index is 11.2. The number of nitrogens with zero attached hydrogens (tertiary/aromatic N) is 1. The summed E-state index contributed by atoms with van der Waals surface area (Å²) >= 11 is 5.90. The number of benzene rings is 1. The molecule has 0 saturated heterocycles. The second-order valence-corrected chi connectivity index (χ2v) is 4.64. The third kappa shape index (κ3) is 2.11. The average Bonchev–Trinajstić information content (AvgIpc) is 2.26. The number of carboxylic acids is 1. The molecule has 0 aliphatic carbocycles. The highest BCUT2D eigenvalue weighted by Gasteiger charge is 2.16. The minimum Gasteiger partial charge on any atom is -0.478 e. The van der Waals surface area contributed by atoms with Gasteiger partial charge in [0, 0.05) is 16.6 Å². The van der Waals surface area contributed by atoms with Crippen LogP contribution in [0.25, 0.3) is 10.9 Å². The van der Waals surface area contributed by atoms with Crippen LogP contribution in [0, 0.1) is 0 Å². The molecule has 0 spiro atoms. The van der Waals surface area contributed by atoms with Gasteiger partial charge in [0.25, 0.3) is 0 Å². The minimum atomic E-state index is -0.946. The van der Waals surface area contributed by atoms with Crippen molar-refractivity contribution in [3.05, 3.63) is 40.5 Å². The van der Waals surface area contributed by atoms with Gasteiger partial charge in [0.05, 0.1) is 11.1 Å². The Morgan fingerprint density at radius 3 is 2.71 bits per heavy atom. The zero-order chi connectivity index (χ0) is 12.6. The Kier molecular flexibility index (Phi) is 3.03. The molecular formula is C13H12ClNO2. The molecule has 0 unspecified atom stereocenters. The predicted molar refractivity (Wildman–Crippen MR) is 67.8 cm³/mol. The molecule has 1 N–H and O–H groups in total. The van der Waals surface area contributed by atoms with E-state index < -0.39 is 5.97 Å². The zero-order valence-corrected chi connectivity index (χ0v) is 10.3. The summed E-state index contributed by atoms with van der Waals surface area (Å²) in [6.07, 6.45) is 1.40. The Morgan fingerprint density at radius 1 is 1.41 bits per heavy atom. The van der Waals surface area contributed by atoms with Gasteiger partial charge in [-0.05, 0) is 23.6 Å². The second kappa shape index (κ2) is 4.34. The molecule has 1 heterocycles. The van der Waals surface area contributed by atoms with Gasteiger partial charge in [-0.1, -0.05) is 31.5 Å². The van der Waals surface area contributed by atoms with E-state index in [-0.39, 0.29) is 11.5 Å². The molecule has 0 aliphatic heterocycles. The molecule has 2 rings (SSSR count). The van der Waals surface area contributed by atoms with Gasteiger partial charge in [0.1, 0.15) is 0 Å². The summed E-state index contributed by atoms with van der Waals surface area (Å²) in [5, 5.41) is 10.6. The van der Waals surface area contributed by atoms with Gasteiger partial charge in [-0.15, -0.1) is 0 Å². The van der Waals surface area contributed by atoms with Crippen LogP contribution in [-0.4, -0.2) is 16.1 Å². The third-order valence-electron chi connectivity index (χ3n) is 2.68. The molecule has 3 nitrogen and oxygen atoms in total. The number of halogens is 1. The molecule has 0 fully saturated rings. The maximum atomic E-state index is 11.2. The molecule has 4 heteroatoms. The first-order chi connectivity index (χ1) is 8.00. The molecule has 0 atom stereocenters. The molecule has 1 aromatic carbocycles. The first kappa shape index (κ1) is 11.9. The lowest BCUT2D eigenvalue weighted by Gasteiger charge is -2.13. The molecule has 0 bridgehead atoms. The van der Waals surface area contributed by atoms with Crippen molar-refractivity contribution in [2.24, 2.45) is 0 Å². The SMILES string of the molecule is CC(C)c1c(C(=O)O)cnc2cc(Cl)ccc12. The van der Waals surface area contributed by atoms with E-state index in [1.807, 2.05) is 19.9 Å². The highest BCUT2D eigenvalue weighted by Crippen LogP contribution is 2.29. The summed E-state index contributed by atoms with van der Waals surface area (Å²) in [6, 6.07) is 5.32. The van der Waals surface area contributed by atoms with Crippen molar-refractivity contribution < 1.29 is 9.90 Å². The predicted octanol–water partition coefficient (Wildman–Crippen LogP) is 3.71. The van der Waals surface area contributed by atoms with Crippen LogP contribution in [0.3, 0.4) is 0 Å². The van der Waals surface area contributed by atoms with Crippen molar-refractivity contribution in [2.45, 2.75) is 19.8 Å². The first-order valence-electron chi connectivity index (χ1n) is 5.32. The number of carbonyl (C=O) groups is 1. The summed E-state index contributed by atoms with van der Waals surface area (Å²) in [7, 11) is 0. The lowest BCUT2D eigenvalue weighted by atomic mass is 9.94. The number of carboxylic acid groups (broad SMARTS) is 1. The highest BCUT2D eigenvalue weighted by molar-refractivity contribution is 6.31. The normalized spacial score (nSPS) is 11.1. The highest BCUT2D eigenvalue weighted by atomic mass is 35.5. The van der Waals surface area contributed by atoms with Crippen molar-refractivity contribution in [1.82, 2.24) is 4.98 Å². The fourth-order valence-corrected chi connectivity index (χ4v) is 2.15. The quantitative estimate of drug-likeness (QED) is 0.883. The Balaban J connectivity index is 2.84. The summed E-state index contributed by atoms with van der Waals surface area (Å²) < 4.78 is 0. The van der Waals surface area contributed by atoms with Gasteiger partial charge in [0.2, 0.25) is 0 Å². The third-order valence-corrected chi connectivity index (χ3v) is 2.92. The molecule has 88 valence electrons. The Morgan fingerprint density at radius 2 is 2.12 bits per heavy atom. The fraction of sp³-hybridized carbons (Fsp3) is 0.231. The van der Waals surface area contributed by atoms with E-state index in [4.69, 9.17) is 16.7 Å². The van der Waals surface area contributed by atoms with E-state index >= 15 is 0 Å². The standard InChI is InChI=1S/C13H12ClNO2/c1-7(2)12-9-4-3-8(14)5-11(9)15-6-10(12)13(16)17/h3-7H,1-2H3,(H,16,17). The van der Waals surface area contributed by atoms with Crippen LogP contribution in [0.2, 0.25) is 5.02 Å². The molecular weight excluding hydrogens is 238 g/mol. The Labute approximate surface area is 104 Å². The molecule has 0 saturated carbocycles. The maximum Gasteiger partial charge on any atom is 0.337 e. The largest absolute Gasteiger partial charge is 0.478 e. The van der Waals surface area contributed by atoms with Gasteiger partial charge < -0.3 is 5.11 Å². The van der Waals surface area contributed by atoms with Gasteiger partial charge >= 0.3 is 5.97 Å². The van der Waals surface area contributed by atoms with E-state index in [9.17, 15) is 4.79 Å². The number of rotatable bonds is 2. The van der Waals surface area contributed by atoms with Gasteiger partial charge in [-0.25, -0.2) is 4.79 Å². The van der Waals surface area contributed by atoms with Crippen LogP contribution in [-0.2, 0) is 0 Å². The van der Waals surface area contributed by atoms with Crippen molar-refractivity contribution in [2.75, 3.05) is 0 Å². The number of hydrogen-bond acceptors (Lipinski definition) is 2. The Bertz CT molecular complexity index is 593. The number of hydrogen-bond donors (Lipinski definition) is 1. The molecule has 2 aromatic rings.